The molecule has 0 heterocycles. The van der Waals surface area contributed by atoms with Crippen LogP contribution in [0.15, 0.2) is 33.9 Å². The van der Waals surface area contributed by atoms with E-state index in [0.717, 1.165) is 10.0 Å². The zero-order valence-corrected chi connectivity index (χ0v) is 12.3. The Morgan fingerprint density at radius 2 is 2.26 bits per heavy atom. The molecule has 1 atom stereocenters. The lowest BCUT2D eigenvalue weighted by molar-refractivity contribution is -0.148. The molecule has 0 fully saturated rings. The predicted octanol–water partition coefficient (Wildman–Crippen LogP) is 2.74. The summed E-state index contributed by atoms with van der Waals surface area (Å²) in [6.45, 7) is 2.36. The van der Waals surface area contributed by atoms with Gasteiger partial charge in [0.1, 0.15) is 5.54 Å². The van der Waals surface area contributed by atoms with Crippen molar-refractivity contribution in [3.05, 3.63) is 44.7 Å². The summed E-state index contributed by atoms with van der Waals surface area (Å²) in [7, 11) is 1.34. The van der Waals surface area contributed by atoms with Crippen LogP contribution in [0.4, 0.5) is 0 Å². The molecule has 1 aromatic carbocycles. The van der Waals surface area contributed by atoms with Gasteiger partial charge in [-0.2, -0.15) is 0 Å². The number of esters is 1. The Kier molecular flexibility index (Phi) is 5.82. The Morgan fingerprint density at radius 3 is 2.84 bits per heavy atom. The van der Waals surface area contributed by atoms with Gasteiger partial charge in [-0.25, -0.2) is 4.79 Å². The molecule has 0 aliphatic heterocycles. The van der Waals surface area contributed by atoms with Crippen LogP contribution in [-0.4, -0.2) is 26.2 Å². The molecule has 6 nitrogen and oxygen atoms in total. The molecule has 0 radical (unpaired) electrons. The molecule has 0 aliphatic carbocycles. The van der Waals surface area contributed by atoms with Gasteiger partial charge in [0, 0.05) is 22.5 Å². The van der Waals surface area contributed by atoms with Crippen LogP contribution in [0, 0.1) is 0 Å². The minimum atomic E-state index is -1.00. The molecule has 102 valence electrons. The van der Waals surface area contributed by atoms with Crippen molar-refractivity contribution in [1.82, 2.24) is 5.32 Å². The van der Waals surface area contributed by atoms with E-state index in [4.69, 9.17) is 10.3 Å². The second kappa shape index (κ2) is 7.13. The average molecular weight is 327 g/mol. The van der Waals surface area contributed by atoms with Gasteiger partial charge in [0.05, 0.1) is 7.11 Å². The summed E-state index contributed by atoms with van der Waals surface area (Å²) in [6.07, 6.45) is 0. The van der Waals surface area contributed by atoms with Crippen molar-refractivity contribution >= 4 is 21.9 Å². The van der Waals surface area contributed by atoms with Crippen molar-refractivity contribution in [1.29, 1.82) is 0 Å². The number of carbonyl (C=O) groups excluding carboxylic acids is 1. The SMILES string of the molecule is COC(=O)C(C)(NCCN=[N+]=[N-])c1ccccc1Br. The second-order valence-corrected chi connectivity index (χ2v) is 4.83. The zero-order valence-electron chi connectivity index (χ0n) is 10.8. The number of halogens is 1. The second-order valence-electron chi connectivity index (χ2n) is 3.98. The van der Waals surface area contributed by atoms with Crippen LogP contribution >= 0.6 is 15.9 Å². The highest BCUT2D eigenvalue weighted by atomic mass is 79.9. The van der Waals surface area contributed by atoms with E-state index in [-0.39, 0.29) is 6.54 Å². The number of methoxy groups -OCH3 is 1. The lowest BCUT2D eigenvalue weighted by atomic mass is 9.92. The molecular formula is C12H15BrN4O2. The largest absolute Gasteiger partial charge is 0.467 e. The Labute approximate surface area is 119 Å². The number of hydrogen-bond acceptors (Lipinski definition) is 4. The van der Waals surface area contributed by atoms with E-state index >= 15 is 0 Å². The third-order valence-corrected chi connectivity index (χ3v) is 3.45. The molecular weight excluding hydrogens is 312 g/mol. The fourth-order valence-corrected chi connectivity index (χ4v) is 2.43. The molecule has 0 amide bonds. The fraction of sp³-hybridized carbons (Fsp3) is 0.417. The number of nitrogens with one attached hydrogen (secondary N) is 1. The standard InChI is InChI=1S/C12H15BrN4O2/c1-12(11(18)19-2,15-7-8-16-17-14)9-5-3-4-6-10(9)13/h3-6,15H,7-8H2,1-2H3. The summed E-state index contributed by atoms with van der Waals surface area (Å²) in [5.74, 6) is -0.402. The zero-order chi connectivity index (χ0) is 14.3. The molecule has 1 aromatic rings. The Morgan fingerprint density at radius 1 is 1.58 bits per heavy atom. The Balaban J connectivity index is 3.03. The van der Waals surface area contributed by atoms with Gasteiger partial charge in [-0.1, -0.05) is 39.2 Å². The average Bonchev–Trinajstić information content (AvgIpc) is 2.43. The van der Waals surface area contributed by atoms with Crippen LogP contribution in [0.5, 0.6) is 0 Å². The molecule has 1 unspecified atom stereocenters. The molecule has 1 N–H and O–H groups in total. The van der Waals surface area contributed by atoms with E-state index in [9.17, 15) is 4.79 Å². The van der Waals surface area contributed by atoms with Gasteiger partial charge in [0.15, 0.2) is 0 Å². The van der Waals surface area contributed by atoms with Crippen LogP contribution in [0.25, 0.3) is 10.4 Å². The number of benzene rings is 1. The molecule has 0 bridgehead atoms. The third-order valence-electron chi connectivity index (χ3n) is 2.76. The number of rotatable bonds is 6. The lowest BCUT2D eigenvalue weighted by Gasteiger charge is -2.29. The van der Waals surface area contributed by atoms with Gasteiger partial charge in [0.2, 0.25) is 0 Å². The Hall–Kier alpha value is -1.56. The Bertz CT molecular complexity index is 502. The van der Waals surface area contributed by atoms with Gasteiger partial charge in [0.25, 0.3) is 0 Å². The highest BCUT2D eigenvalue weighted by molar-refractivity contribution is 9.10. The van der Waals surface area contributed by atoms with Crippen molar-refractivity contribution in [3.8, 4) is 0 Å². The molecule has 0 saturated heterocycles. The first-order valence-electron chi connectivity index (χ1n) is 5.65. The number of nitrogens with zero attached hydrogens (tertiary/aromatic N) is 3. The molecule has 7 heteroatoms. The number of carbonyl (C=O) groups is 1. The summed E-state index contributed by atoms with van der Waals surface area (Å²) in [6, 6.07) is 7.40. The molecule has 0 saturated carbocycles. The van der Waals surface area contributed by atoms with Gasteiger partial charge >= 0.3 is 5.97 Å². The van der Waals surface area contributed by atoms with Crippen molar-refractivity contribution < 1.29 is 9.53 Å². The highest BCUT2D eigenvalue weighted by Crippen LogP contribution is 2.29. The van der Waals surface area contributed by atoms with Crippen LogP contribution in [0.2, 0.25) is 0 Å². The first-order chi connectivity index (χ1) is 9.06. The first-order valence-corrected chi connectivity index (χ1v) is 6.45. The van der Waals surface area contributed by atoms with Crippen LogP contribution in [-0.2, 0) is 15.1 Å². The smallest absolute Gasteiger partial charge is 0.330 e. The molecule has 0 aliphatic rings. The van der Waals surface area contributed by atoms with Crippen molar-refractivity contribution in [2.75, 3.05) is 20.2 Å². The van der Waals surface area contributed by atoms with E-state index in [0.29, 0.717) is 6.54 Å². The maximum absolute atomic E-state index is 12.0. The minimum absolute atomic E-state index is 0.257. The van der Waals surface area contributed by atoms with E-state index in [1.807, 2.05) is 24.3 Å². The number of azide groups is 1. The van der Waals surface area contributed by atoms with E-state index in [1.165, 1.54) is 7.11 Å². The minimum Gasteiger partial charge on any atom is -0.467 e. The van der Waals surface area contributed by atoms with E-state index in [2.05, 4.69) is 31.3 Å². The monoisotopic (exact) mass is 326 g/mol. The predicted molar refractivity (Wildman–Crippen MR) is 75.5 cm³/mol. The quantitative estimate of drug-likeness (QED) is 0.286. The maximum atomic E-state index is 12.0. The molecule has 0 spiro atoms. The molecule has 19 heavy (non-hydrogen) atoms. The lowest BCUT2D eigenvalue weighted by Crippen LogP contribution is -2.48. The molecule has 1 rings (SSSR count). The first kappa shape index (κ1) is 15.5. The van der Waals surface area contributed by atoms with Crippen LogP contribution in [0.1, 0.15) is 12.5 Å². The maximum Gasteiger partial charge on any atom is 0.330 e. The fourth-order valence-electron chi connectivity index (χ4n) is 1.75. The van der Waals surface area contributed by atoms with Crippen molar-refractivity contribution in [2.45, 2.75) is 12.5 Å². The van der Waals surface area contributed by atoms with Crippen LogP contribution < -0.4 is 5.32 Å². The van der Waals surface area contributed by atoms with Gasteiger partial charge in [-0.15, -0.1) is 0 Å². The molecule has 0 aromatic heterocycles. The highest BCUT2D eigenvalue weighted by Gasteiger charge is 2.37. The van der Waals surface area contributed by atoms with Crippen molar-refractivity contribution in [3.63, 3.8) is 0 Å². The third kappa shape index (κ3) is 3.70. The van der Waals surface area contributed by atoms with E-state index < -0.39 is 11.5 Å². The number of hydrogen-bond donors (Lipinski definition) is 1. The van der Waals surface area contributed by atoms with Crippen LogP contribution in [0.3, 0.4) is 0 Å². The topological polar surface area (TPSA) is 87.1 Å². The number of ether oxygens (including phenoxy) is 1. The summed E-state index contributed by atoms with van der Waals surface area (Å²) >= 11 is 3.42. The van der Waals surface area contributed by atoms with Crippen molar-refractivity contribution in [2.24, 2.45) is 5.11 Å². The summed E-state index contributed by atoms with van der Waals surface area (Å²) in [4.78, 5) is 14.7. The van der Waals surface area contributed by atoms with E-state index in [1.54, 1.807) is 6.92 Å². The normalized spacial score (nSPS) is 13.2. The van der Waals surface area contributed by atoms with Gasteiger partial charge in [-0.05, 0) is 24.1 Å². The summed E-state index contributed by atoms with van der Waals surface area (Å²) < 4.78 is 5.66. The van der Waals surface area contributed by atoms with Gasteiger partial charge < -0.3 is 4.74 Å². The summed E-state index contributed by atoms with van der Waals surface area (Å²) in [5, 5.41) is 6.50. The summed E-state index contributed by atoms with van der Waals surface area (Å²) in [5.41, 5.74) is 8.01. The van der Waals surface area contributed by atoms with Gasteiger partial charge in [-0.3, -0.25) is 5.32 Å².